The van der Waals surface area contributed by atoms with Gasteiger partial charge in [0, 0.05) is 18.6 Å². The van der Waals surface area contributed by atoms with Crippen LogP contribution in [0.25, 0.3) is 10.8 Å². The molecule has 16 heavy (non-hydrogen) atoms. The Morgan fingerprint density at radius 1 is 0.688 bits per heavy atom. The van der Waals surface area contributed by atoms with E-state index in [4.69, 9.17) is 0 Å². The Bertz CT molecular complexity index is 380. The Hall–Kier alpha value is -0.716. The van der Waals surface area contributed by atoms with Gasteiger partial charge in [0.15, 0.2) is 0 Å². The van der Waals surface area contributed by atoms with E-state index >= 15 is 0 Å². The number of hydrogen-bond acceptors (Lipinski definition) is 0. The summed E-state index contributed by atoms with van der Waals surface area (Å²) in [6.07, 6.45) is 0. The van der Waals surface area contributed by atoms with E-state index < -0.39 is 0 Å². The van der Waals surface area contributed by atoms with E-state index in [0.29, 0.717) is 0 Å². The average molecular weight is 253 g/mol. The largest absolute Gasteiger partial charge is 0.0683 e. The van der Waals surface area contributed by atoms with Gasteiger partial charge in [-0.2, -0.15) is 0 Å². The third-order valence-corrected chi connectivity index (χ3v) is 1.90. The summed E-state index contributed by atoms with van der Waals surface area (Å²) in [4.78, 5) is 0. The molecule has 0 aliphatic heterocycles. The molecular formula is C15H22V. The predicted octanol–water partition coefficient (Wildman–Crippen LogP) is 5.20. The molecular weight excluding hydrogens is 231 g/mol. The first-order chi connectivity index (χ1) is 7.36. The normalized spacial score (nSPS) is 7.81. The molecule has 87 valence electrons. The first kappa shape index (κ1) is 17.7. The van der Waals surface area contributed by atoms with E-state index in [0.717, 1.165) is 0 Å². The number of rotatable bonds is 0. The summed E-state index contributed by atoms with van der Waals surface area (Å²) in [6.45, 7) is 10.1. The van der Waals surface area contributed by atoms with E-state index in [1.54, 1.807) is 0 Å². The predicted molar refractivity (Wildman–Crippen MR) is 71.4 cm³/mol. The molecule has 2 aromatic carbocycles. The Labute approximate surface area is 112 Å². The standard InChI is InChI=1S/C11H10.2C2H6.V/c1-9-6-7-10-4-2-3-5-11(10)8-9;2*1-2;/h2-8H,1H3;2*1-2H3;. The zero-order valence-electron chi connectivity index (χ0n) is 11.0. The van der Waals surface area contributed by atoms with Gasteiger partial charge >= 0.3 is 0 Å². The molecule has 2 aromatic rings. The van der Waals surface area contributed by atoms with Crippen LogP contribution in [0.5, 0.6) is 0 Å². The minimum absolute atomic E-state index is 0. The van der Waals surface area contributed by atoms with Gasteiger partial charge in [-0.1, -0.05) is 75.7 Å². The molecule has 0 aromatic heterocycles. The quantitative estimate of drug-likeness (QED) is 0.605. The maximum absolute atomic E-state index is 2.20. The van der Waals surface area contributed by atoms with Crippen molar-refractivity contribution in [2.45, 2.75) is 34.6 Å². The second-order valence-corrected chi connectivity index (χ2v) is 2.85. The van der Waals surface area contributed by atoms with Gasteiger partial charge in [-0.05, 0) is 17.7 Å². The van der Waals surface area contributed by atoms with E-state index in [1.807, 2.05) is 27.7 Å². The summed E-state index contributed by atoms with van der Waals surface area (Å²) in [7, 11) is 0. The molecule has 1 heteroatoms. The van der Waals surface area contributed by atoms with Crippen LogP contribution in [0.1, 0.15) is 33.3 Å². The summed E-state index contributed by atoms with van der Waals surface area (Å²) < 4.78 is 0. The fraction of sp³-hybridized carbons (Fsp3) is 0.333. The fourth-order valence-corrected chi connectivity index (χ4v) is 1.31. The van der Waals surface area contributed by atoms with Gasteiger partial charge in [0.1, 0.15) is 0 Å². The third-order valence-electron chi connectivity index (χ3n) is 1.90. The Morgan fingerprint density at radius 3 is 1.75 bits per heavy atom. The zero-order chi connectivity index (χ0) is 11.7. The number of hydrogen-bond donors (Lipinski definition) is 0. The van der Waals surface area contributed by atoms with Crippen molar-refractivity contribution in [3.05, 3.63) is 48.0 Å². The summed E-state index contributed by atoms with van der Waals surface area (Å²) in [6, 6.07) is 14.9. The van der Waals surface area contributed by atoms with Crippen molar-refractivity contribution in [2.75, 3.05) is 0 Å². The molecule has 0 aliphatic rings. The van der Waals surface area contributed by atoms with E-state index in [2.05, 4.69) is 49.4 Å². The first-order valence-electron chi connectivity index (χ1n) is 5.82. The maximum Gasteiger partial charge on any atom is 0 e. The van der Waals surface area contributed by atoms with Crippen LogP contribution in [0, 0.1) is 6.92 Å². The van der Waals surface area contributed by atoms with Crippen molar-refractivity contribution >= 4 is 10.8 Å². The fourth-order valence-electron chi connectivity index (χ4n) is 1.31. The molecule has 0 aliphatic carbocycles. The second kappa shape index (κ2) is 10.8. The van der Waals surface area contributed by atoms with Crippen LogP contribution in [0.15, 0.2) is 42.5 Å². The Kier molecular flexibility index (Phi) is 11.9. The number of benzene rings is 2. The molecule has 0 amide bonds. The number of aryl methyl sites for hydroxylation is 1. The molecule has 0 fully saturated rings. The smallest absolute Gasteiger partial charge is 0 e. The van der Waals surface area contributed by atoms with Gasteiger partial charge in [-0.3, -0.25) is 0 Å². The summed E-state index contributed by atoms with van der Waals surface area (Å²) in [5, 5.41) is 2.64. The molecule has 0 bridgehead atoms. The summed E-state index contributed by atoms with van der Waals surface area (Å²) in [5.74, 6) is 0. The summed E-state index contributed by atoms with van der Waals surface area (Å²) in [5.41, 5.74) is 1.32. The van der Waals surface area contributed by atoms with Gasteiger partial charge in [-0.15, -0.1) is 0 Å². The van der Waals surface area contributed by atoms with Gasteiger partial charge in [0.05, 0.1) is 0 Å². The van der Waals surface area contributed by atoms with Crippen LogP contribution < -0.4 is 0 Å². The maximum atomic E-state index is 2.20. The molecule has 2 rings (SSSR count). The van der Waals surface area contributed by atoms with Gasteiger partial charge in [0.25, 0.3) is 0 Å². The van der Waals surface area contributed by atoms with Crippen LogP contribution in [-0.2, 0) is 18.6 Å². The van der Waals surface area contributed by atoms with Crippen LogP contribution >= 0.6 is 0 Å². The van der Waals surface area contributed by atoms with Crippen LogP contribution in [0.4, 0.5) is 0 Å². The molecule has 0 atom stereocenters. The zero-order valence-corrected chi connectivity index (χ0v) is 12.4. The summed E-state index contributed by atoms with van der Waals surface area (Å²) >= 11 is 0. The van der Waals surface area contributed by atoms with Gasteiger partial charge in [0.2, 0.25) is 0 Å². The van der Waals surface area contributed by atoms with E-state index in [-0.39, 0.29) is 18.6 Å². The molecule has 0 saturated heterocycles. The minimum atomic E-state index is 0. The minimum Gasteiger partial charge on any atom is -0.0683 e. The van der Waals surface area contributed by atoms with Crippen molar-refractivity contribution in [1.29, 1.82) is 0 Å². The monoisotopic (exact) mass is 253 g/mol. The van der Waals surface area contributed by atoms with Crippen molar-refractivity contribution in [3.8, 4) is 0 Å². The van der Waals surface area contributed by atoms with Crippen LogP contribution in [-0.4, -0.2) is 0 Å². The molecule has 0 heterocycles. The van der Waals surface area contributed by atoms with Crippen molar-refractivity contribution in [3.63, 3.8) is 0 Å². The second-order valence-electron chi connectivity index (χ2n) is 2.85. The van der Waals surface area contributed by atoms with Crippen LogP contribution in [0.2, 0.25) is 0 Å². The molecule has 0 N–H and O–H groups in total. The number of fused-ring (bicyclic) bond motifs is 1. The van der Waals surface area contributed by atoms with Crippen LogP contribution in [0.3, 0.4) is 0 Å². The first-order valence-corrected chi connectivity index (χ1v) is 5.82. The topological polar surface area (TPSA) is 0 Å². The molecule has 0 saturated carbocycles. The third kappa shape index (κ3) is 5.39. The molecule has 0 nitrogen and oxygen atoms in total. The average Bonchev–Trinajstić information content (AvgIpc) is 2.34. The Balaban J connectivity index is 0. The molecule has 0 unspecified atom stereocenters. The van der Waals surface area contributed by atoms with Crippen molar-refractivity contribution in [1.82, 2.24) is 0 Å². The molecule has 0 spiro atoms. The SMILES string of the molecule is CC.CC.Cc1ccc2ccccc2c1.[V]. The Morgan fingerprint density at radius 2 is 1.19 bits per heavy atom. The van der Waals surface area contributed by atoms with Crippen molar-refractivity contribution in [2.24, 2.45) is 0 Å². The van der Waals surface area contributed by atoms with E-state index in [1.165, 1.54) is 16.3 Å². The van der Waals surface area contributed by atoms with Gasteiger partial charge in [-0.25, -0.2) is 0 Å². The van der Waals surface area contributed by atoms with E-state index in [9.17, 15) is 0 Å². The van der Waals surface area contributed by atoms with Crippen molar-refractivity contribution < 1.29 is 18.6 Å². The molecule has 1 radical (unpaired) electrons. The van der Waals surface area contributed by atoms with Gasteiger partial charge < -0.3 is 0 Å².